The first-order chi connectivity index (χ1) is 12.5. The molecular formula is C17H16N4O5. The lowest BCUT2D eigenvalue weighted by molar-refractivity contribution is 0.122. The molecular weight excluding hydrogens is 340 g/mol. The van der Waals surface area contributed by atoms with Crippen LogP contribution >= 0.6 is 0 Å². The third kappa shape index (κ3) is 2.72. The molecule has 4 rings (SSSR count). The molecule has 0 radical (unpaired) electrons. The zero-order valence-electron chi connectivity index (χ0n) is 14.0. The highest BCUT2D eigenvalue weighted by molar-refractivity contribution is 5.93. The number of fused-ring (bicyclic) bond motifs is 1. The fourth-order valence-corrected chi connectivity index (χ4v) is 3.03. The smallest absolute Gasteiger partial charge is 0.347 e. The van der Waals surface area contributed by atoms with Gasteiger partial charge in [-0.15, -0.1) is 0 Å². The number of aromatic hydroxyl groups is 1. The Morgan fingerprint density at radius 3 is 2.77 bits per heavy atom. The van der Waals surface area contributed by atoms with Gasteiger partial charge < -0.3 is 19.2 Å². The summed E-state index contributed by atoms with van der Waals surface area (Å²) in [6.45, 7) is 3.87. The average Bonchev–Trinajstić information content (AvgIpc) is 2.61. The number of aromatic amines is 1. The highest BCUT2D eigenvalue weighted by Crippen LogP contribution is 2.29. The minimum absolute atomic E-state index is 0.0885. The molecule has 9 nitrogen and oxygen atoms in total. The Balaban J connectivity index is 1.93. The van der Waals surface area contributed by atoms with Crippen LogP contribution in [0.5, 0.6) is 5.75 Å². The van der Waals surface area contributed by atoms with Gasteiger partial charge in [0, 0.05) is 30.9 Å². The van der Waals surface area contributed by atoms with Gasteiger partial charge in [0.25, 0.3) is 5.56 Å². The van der Waals surface area contributed by atoms with Crippen molar-refractivity contribution < 1.29 is 14.3 Å². The molecule has 26 heavy (non-hydrogen) atoms. The van der Waals surface area contributed by atoms with Gasteiger partial charge in [-0.05, 0) is 13.0 Å². The number of aromatic nitrogens is 3. The van der Waals surface area contributed by atoms with Gasteiger partial charge in [0.1, 0.15) is 17.1 Å². The summed E-state index contributed by atoms with van der Waals surface area (Å²) in [6, 6.07) is 2.81. The van der Waals surface area contributed by atoms with Crippen LogP contribution < -0.4 is 16.1 Å². The molecule has 1 saturated heterocycles. The fourth-order valence-electron chi connectivity index (χ4n) is 3.03. The van der Waals surface area contributed by atoms with Gasteiger partial charge in [-0.25, -0.2) is 9.78 Å². The third-order valence-corrected chi connectivity index (χ3v) is 4.23. The van der Waals surface area contributed by atoms with Crippen molar-refractivity contribution in [3.05, 3.63) is 44.9 Å². The molecule has 2 N–H and O–H groups in total. The molecule has 0 bridgehead atoms. The second-order valence-electron chi connectivity index (χ2n) is 5.95. The highest BCUT2D eigenvalue weighted by atomic mass is 16.5. The molecule has 3 aromatic rings. The molecule has 1 fully saturated rings. The van der Waals surface area contributed by atoms with Crippen molar-refractivity contribution in [2.75, 3.05) is 31.2 Å². The summed E-state index contributed by atoms with van der Waals surface area (Å²) in [6.07, 6.45) is 1.44. The summed E-state index contributed by atoms with van der Waals surface area (Å²) in [5.74, 6) is 0.412. The Morgan fingerprint density at radius 2 is 2.04 bits per heavy atom. The molecule has 0 spiro atoms. The molecule has 0 aliphatic carbocycles. The summed E-state index contributed by atoms with van der Waals surface area (Å²) >= 11 is 0. The van der Waals surface area contributed by atoms with Crippen LogP contribution in [-0.4, -0.2) is 46.4 Å². The third-order valence-electron chi connectivity index (χ3n) is 4.23. The van der Waals surface area contributed by atoms with Gasteiger partial charge in [0.2, 0.25) is 5.95 Å². The minimum Gasteiger partial charge on any atom is -0.507 e. The largest absolute Gasteiger partial charge is 0.507 e. The monoisotopic (exact) mass is 356 g/mol. The van der Waals surface area contributed by atoms with Crippen molar-refractivity contribution >= 4 is 17.0 Å². The van der Waals surface area contributed by atoms with Crippen molar-refractivity contribution in [3.8, 4) is 16.9 Å². The quantitative estimate of drug-likeness (QED) is 0.691. The zero-order chi connectivity index (χ0) is 18.3. The van der Waals surface area contributed by atoms with E-state index in [2.05, 4.69) is 15.0 Å². The predicted molar refractivity (Wildman–Crippen MR) is 93.6 cm³/mol. The van der Waals surface area contributed by atoms with Crippen molar-refractivity contribution in [1.82, 2.24) is 15.0 Å². The number of morpholine rings is 1. The fraction of sp³-hybridized carbons (Fsp3) is 0.294. The number of pyridine rings is 1. The standard InChI is InChI=1S/C17H16N4O5/c1-9-8-11(22)12(16(24)26-9)10-2-3-18-14-13(10)15(23)20-17(19-14)21-4-6-25-7-5-21/h2-3,8,22H,4-7H2,1H3,(H,18,19,20,23). The topological polar surface area (TPSA) is 122 Å². The summed E-state index contributed by atoms with van der Waals surface area (Å²) in [5, 5.41) is 10.3. The Labute approximate surface area is 146 Å². The van der Waals surface area contributed by atoms with Crippen LogP contribution in [0, 0.1) is 6.92 Å². The lowest BCUT2D eigenvalue weighted by atomic mass is 10.0. The van der Waals surface area contributed by atoms with Crippen molar-refractivity contribution in [1.29, 1.82) is 0 Å². The molecule has 0 unspecified atom stereocenters. The second kappa shape index (κ2) is 6.26. The summed E-state index contributed by atoms with van der Waals surface area (Å²) in [5.41, 5.74) is -0.851. The first-order valence-corrected chi connectivity index (χ1v) is 8.10. The number of nitrogens with zero attached hydrogens (tertiary/aromatic N) is 3. The molecule has 0 saturated carbocycles. The van der Waals surface area contributed by atoms with Gasteiger partial charge in [0.05, 0.1) is 18.6 Å². The van der Waals surface area contributed by atoms with Crippen LogP contribution in [0.15, 0.2) is 32.3 Å². The molecule has 0 amide bonds. The number of hydrogen-bond acceptors (Lipinski definition) is 8. The van der Waals surface area contributed by atoms with Crippen LogP contribution in [-0.2, 0) is 4.74 Å². The molecule has 0 aromatic carbocycles. The van der Waals surface area contributed by atoms with E-state index in [-0.39, 0.29) is 33.7 Å². The maximum Gasteiger partial charge on any atom is 0.347 e. The lowest BCUT2D eigenvalue weighted by Crippen LogP contribution is -2.38. The zero-order valence-corrected chi connectivity index (χ0v) is 14.0. The number of H-pyrrole nitrogens is 1. The average molecular weight is 356 g/mol. The van der Waals surface area contributed by atoms with Gasteiger partial charge >= 0.3 is 5.63 Å². The number of anilines is 1. The molecule has 0 atom stereocenters. The van der Waals surface area contributed by atoms with E-state index in [1.54, 1.807) is 6.92 Å². The van der Waals surface area contributed by atoms with E-state index >= 15 is 0 Å². The first-order valence-electron chi connectivity index (χ1n) is 8.10. The molecule has 3 aromatic heterocycles. The number of rotatable bonds is 2. The van der Waals surface area contributed by atoms with E-state index in [4.69, 9.17) is 9.15 Å². The number of hydrogen-bond donors (Lipinski definition) is 2. The summed E-state index contributed by atoms with van der Waals surface area (Å²) < 4.78 is 10.4. The van der Waals surface area contributed by atoms with Crippen LogP contribution in [0.3, 0.4) is 0 Å². The van der Waals surface area contributed by atoms with E-state index in [0.29, 0.717) is 32.3 Å². The van der Waals surface area contributed by atoms with Gasteiger partial charge in [-0.1, -0.05) is 0 Å². The summed E-state index contributed by atoms with van der Waals surface area (Å²) in [7, 11) is 0. The molecule has 1 aliphatic heterocycles. The maximum atomic E-state index is 12.7. The van der Waals surface area contributed by atoms with Crippen molar-refractivity contribution in [2.24, 2.45) is 0 Å². The Morgan fingerprint density at radius 1 is 1.27 bits per heavy atom. The van der Waals surface area contributed by atoms with E-state index in [1.165, 1.54) is 18.3 Å². The van der Waals surface area contributed by atoms with Gasteiger partial charge in [-0.2, -0.15) is 4.98 Å². The van der Waals surface area contributed by atoms with Gasteiger partial charge in [-0.3, -0.25) is 9.78 Å². The van der Waals surface area contributed by atoms with Crippen molar-refractivity contribution in [2.45, 2.75) is 6.92 Å². The van der Waals surface area contributed by atoms with E-state index in [0.717, 1.165) is 0 Å². The minimum atomic E-state index is -0.730. The van der Waals surface area contributed by atoms with E-state index in [1.807, 2.05) is 4.90 Å². The predicted octanol–water partition coefficient (Wildman–Crippen LogP) is 0.789. The van der Waals surface area contributed by atoms with E-state index < -0.39 is 11.2 Å². The van der Waals surface area contributed by atoms with E-state index in [9.17, 15) is 14.7 Å². The number of ether oxygens (including phenoxy) is 1. The van der Waals surface area contributed by atoms with Crippen LogP contribution in [0.2, 0.25) is 0 Å². The molecule has 134 valence electrons. The maximum absolute atomic E-state index is 12.7. The van der Waals surface area contributed by atoms with Gasteiger partial charge in [0.15, 0.2) is 5.65 Å². The van der Waals surface area contributed by atoms with Crippen LogP contribution in [0.4, 0.5) is 5.95 Å². The normalized spacial score (nSPS) is 14.7. The van der Waals surface area contributed by atoms with Crippen LogP contribution in [0.25, 0.3) is 22.2 Å². The highest BCUT2D eigenvalue weighted by Gasteiger charge is 2.20. The Bertz CT molecular complexity index is 1100. The SMILES string of the molecule is Cc1cc(O)c(-c2ccnc3nc(N4CCOCC4)[nH]c(=O)c23)c(=O)o1. The molecule has 1 aliphatic rings. The first kappa shape index (κ1) is 16.3. The van der Waals surface area contributed by atoms with Crippen molar-refractivity contribution in [3.63, 3.8) is 0 Å². The number of nitrogens with one attached hydrogen (secondary N) is 1. The lowest BCUT2D eigenvalue weighted by Gasteiger charge is -2.27. The molecule has 9 heteroatoms. The molecule has 4 heterocycles. The van der Waals surface area contributed by atoms with Crippen LogP contribution in [0.1, 0.15) is 5.76 Å². The number of aryl methyl sites for hydroxylation is 1. The second-order valence-corrected chi connectivity index (χ2v) is 5.95. The Kier molecular flexibility index (Phi) is 3.92. The summed E-state index contributed by atoms with van der Waals surface area (Å²) in [4.78, 5) is 38.1. The Hall–Kier alpha value is -3.20.